The van der Waals surface area contributed by atoms with E-state index in [4.69, 9.17) is 17.3 Å². The van der Waals surface area contributed by atoms with Crippen LogP contribution >= 0.6 is 11.6 Å². The van der Waals surface area contributed by atoms with E-state index in [1.54, 1.807) is 30.1 Å². The molecule has 4 N–H and O–H groups in total. The number of amides is 3. The van der Waals surface area contributed by atoms with Gasteiger partial charge in [0, 0.05) is 31.7 Å². The summed E-state index contributed by atoms with van der Waals surface area (Å²) in [6.45, 7) is 1.25. The highest BCUT2D eigenvalue weighted by molar-refractivity contribution is 6.33. The third-order valence-corrected chi connectivity index (χ3v) is 3.95. The van der Waals surface area contributed by atoms with Crippen molar-refractivity contribution in [3.05, 3.63) is 28.8 Å². The number of nitrogens with zero attached hydrogens (tertiary/aromatic N) is 1. The number of hydrogen-bond donors (Lipinski definition) is 3. The molecule has 0 spiro atoms. The molecule has 1 heterocycles. The molecular weight excluding hydrogens is 292 g/mol. The number of primary amides is 1. The van der Waals surface area contributed by atoms with Crippen molar-refractivity contribution in [3.8, 4) is 0 Å². The number of rotatable bonds is 3. The number of benzene rings is 1. The Bertz CT molecular complexity index is 542. The summed E-state index contributed by atoms with van der Waals surface area (Å²) in [5.74, 6) is -0.154. The largest absolute Gasteiger partial charge is 0.381 e. The molecule has 0 unspecified atom stereocenters. The first kappa shape index (κ1) is 15.4. The molecule has 1 saturated heterocycles. The quantitative estimate of drug-likeness (QED) is 0.793. The molecule has 0 atom stereocenters. The Hall–Kier alpha value is -1.95. The third-order valence-electron chi connectivity index (χ3n) is 3.62. The predicted molar refractivity (Wildman–Crippen MR) is 82.6 cm³/mol. The molecule has 0 radical (unpaired) electrons. The van der Waals surface area contributed by atoms with Crippen LogP contribution in [0, 0.1) is 0 Å². The second-order valence-electron chi connectivity index (χ2n) is 5.02. The minimum absolute atomic E-state index is 0.154. The van der Waals surface area contributed by atoms with E-state index in [1.807, 2.05) is 0 Å². The fraction of sp³-hybridized carbons (Fsp3) is 0.429. The van der Waals surface area contributed by atoms with Crippen molar-refractivity contribution in [2.75, 3.05) is 25.5 Å². The van der Waals surface area contributed by atoms with Crippen LogP contribution in [0.1, 0.15) is 23.2 Å². The van der Waals surface area contributed by atoms with E-state index in [0.717, 1.165) is 18.5 Å². The summed E-state index contributed by atoms with van der Waals surface area (Å²) in [6, 6.07) is 4.95. The summed E-state index contributed by atoms with van der Waals surface area (Å²) in [5.41, 5.74) is 6.55. The SMILES string of the molecule is CNC(=O)c1ccc(Cl)c(NC2CCN(C(N)=O)CC2)c1. The van der Waals surface area contributed by atoms with Crippen LogP contribution in [0.4, 0.5) is 10.5 Å². The number of nitrogens with two attached hydrogens (primary N) is 1. The molecule has 21 heavy (non-hydrogen) atoms. The minimum Gasteiger partial charge on any atom is -0.381 e. The molecule has 2 rings (SSSR count). The van der Waals surface area contributed by atoms with Crippen molar-refractivity contribution in [1.82, 2.24) is 10.2 Å². The molecule has 0 aromatic heterocycles. The Morgan fingerprint density at radius 3 is 2.57 bits per heavy atom. The van der Waals surface area contributed by atoms with Crippen molar-refractivity contribution < 1.29 is 9.59 Å². The Morgan fingerprint density at radius 2 is 2.00 bits per heavy atom. The molecule has 3 amide bonds. The summed E-state index contributed by atoms with van der Waals surface area (Å²) in [7, 11) is 1.59. The highest BCUT2D eigenvalue weighted by Gasteiger charge is 2.21. The molecule has 0 saturated carbocycles. The summed E-state index contributed by atoms with van der Waals surface area (Å²) < 4.78 is 0. The molecule has 7 heteroatoms. The van der Waals surface area contributed by atoms with Crippen molar-refractivity contribution >= 4 is 29.2 Å². The summed E-state index contributed by atoms with van der Waals surface area (Å²) >= 11 is 6.16. The average Bonchev–Trinajstić information content (AvgIpc) is 2.49. The van der Waals surface area contributed by atoms with Crippen LogP contribution in [0.3, 0.4) is 0 Å². The summed E-state index contributed by atoms with van der Waals surface area (Å²) in [5, 5.41) is 6.49. The zero-order valence-corrected chi connectivity index (χ0v) is 12.6. The topological polar surface area (TPSA) is 87.5 Å². The van der Waals surface area contributed by atoms with Gasteiger partial charge in [-0.3, -0.25) is 4.79 Å². The lowest BCUT2D eigenvalue weighted by atomic mass is 10.0. The lowest BCUT2D eigenvalue weighted by Crippen LogP contribution is -2.44. The fourth-order valence-electron chi connectivity index (χ4n) is 2.39. The molecule has 0 bridgehead atoms. The smallest absolute Gasteiger partial charge is 0.314 e. The van der Waals surface area contributed by atoms with Gasteiger partial charge in [-0.1, -0.05) is 11.6 Å². The number of halogens is 1. The normalized spacial score (nSPS) is 15.6. The molecule has 0 aliphatic carbocycles. The van der Waals surface area contributed by atoms with Gasteiger partial charge in [0.1, 0.15) is 0 Å². The second-order valence-corrected chi connectivity index (χ2v) is 5.42. The Kier molecular flexibility index (Phi) is 4.90. The van der Waals surface area contributed by atoms with Gasteiger partial charge >= 0.3 is 6.03 Å². The lowest BCUT2D eigenvalue weighted by molar-refractivity contribution is 0.0963. The van der Waals surface area contributed by atoms with Gasteiger partial charge < -0.3 is 21.3 Å². The number of anilines is 1. The first-order valence-electron chi connectivity index (χ1n) is 6.84. The van der Waals surface area contributed by atoms with Gasteiger partial charge in [-0.25, -0.2) is 4.79 Å². The van der Waals surface area contributed by atoms with Crippen LogP contribution in [-0.4, -0.2) is 43.0 Å². The van der Waals surface area contributed by atoms with Crippen LogP contribution in [0.15, 0.2) is 18.2 Å². The number of urea groups is 1. The standard InChI is InChI=1S/C14H19ClN4O2/c1-17-13(20)9-2-3-11(15)12(8-9)18-10-4-6-19(7-5-10)14(16)21/h2-3,8,10,18H,4-7H2,1H3,(H2,16,21)(H,17,20). The van der Waals surface area contributed by atoms with Crippen molar-refractivity contribution in [3.63, 3.8) is 0 Å². The first-order chi connectivity index (χ1) is 10.0. The van der Waals surface area contributed by atoms with E-state index < -0.39 is 0 Å². The van der Waals surface area contributed by atoms with E-state index in [1.165, 1.54) is 0 Å². The van der Waals surface area contributed by atoms with Crippen LogP contribution in [0.25, 0.3) is 0 Å². The number of hydrogen-bond acceptors (Lipinski definition) is 3. The number of carbonyl (C=O) groups is 2. The molecule has 1 aliphatic heterocycles. The van der Waals surface area contributed by atoms with Gasteiger partial charge in [0.25, 0.3) is 5.91 Å². The monoisotopic (exact) mass is 310 g/mol. The minimum atomic E-state index is -0.381. The maximum absolute atomic E-state index is 11.6. The van der Waals surface area contributed by atoms with E-state index in [0.29, 0.717) is 23.7 Å². The van der Waals surface area contributed by atoms with Crippen LogP contribution < -0.4 is 16.4 Å². The highest BCUT2D eigenvalue weighted by atomic mass is 35.5. The molecule has 1 aliphatic rings. The number of carbonyl (C=O) groups excluding carboxylic acids is 2. The second kappa shape index (κ2) is 6.67. The van der Waals surface area contributed by atoms with E-state index in [2.05, 4.69) is 10.6 Å². The van der Waals surface area contributed by atoms with Crippen molar-refractivity contribution in [1.29, 1.82) is 0 Å². The molecular formula is C14H19ClN4O2. The summed E-state index contributed by atoms with van der Waals surface area (Å²) in [4.78, 5) is 24.4. The summed E-state index contributed by atoms with van der Waals surface area (Å²) in [6.07, 6.45) is 1.59. The van der Waals surface area contributed by atoms with Gasteiger partial charge in [-0.05, 0) is 31.0 Å². The van der Waals surface area contributed by atoms with Gasteiger partial charge in [0.2, 0.25) is 0 Å². The maximum atomic E-state index is 11.6. The van der Waals surface area contributed by atoms with Gasteiger partial charge in [0.15, 0.2) is 0 Å². The zero-order valence-electron chi connectivity index (χ0n) is 11.9. The number of piperidine rings is 1. The molecule has 1 fully saturated rings. The van der Waals surface area contributed by atoms with Crippen LogP contribution in [0.5, 0.6) is 0 Å². The molecule has 1 aromatic rings. The van der Waals surface area contributed by atoms with Crippen molar-refractivity contribution in [2.24, 2.45) is 5.73 Å². The lowest BCUT2D eigenvalue weighted by Gasteiger charge is -2.32. The first-order valence-corrected chi connectivity index (χ1v) is 7.21. The molecule has 6 nitrogen and oxygen atoms in total. The van der Waals surface area contributed by atoms with E-state index >= 15 is 0 Å². The number of likely N-dealkylation sites (tertiary alicyclic amines) is 1. The predicted octanol–water partition coefficient (Wildman–Crippen LogP) is 1.65. The zero-order chi connectivity index (χ0) is 15.4. The Morgan fingerprint density at radius 1 is 1.33 bits per heavy atom. The van der Waals surface area contributed by atoms with Crippen LogP contribution in [-0.2, 0) is 0 Å². The van der Waals surface area contributed by atoms with Gasteiger partial charge in [0.05, 0.1) is 10.7 Å². The van der Waals surface area contributed by atoms with Gasteiger partial charge in [-0.15, -0.1) is 0 Å². The third kappa shape index (κ3) is 3.78. The Labute approximate surface area is 128 Å². The number of nitrogens with one attached hydrogen (secondary N) is 2. The molecule has 114 valence electrons. The van der Waals surface area contributed by atoms with Gasteiger partial charge in [-0.2, -0.15) is 0 Å². The van der Waals surface area contributed by atoms with Crippen molar-refractivity contribution in [2.45, 2.75) is 18.9 Å². The van der Waals surface area contributed by atoms with E-state index in [-0.39, 0.29) is 18.0 Å². The van der Waals surface area contributed by atoms with Crippen LogP contribution in [0.2, 0.25) is 5.02 Å². The van der Waals surface area contributed by atoms with E-state index in [9.17, 15) is 9.59 Å². The average molecular weight is 311 g/mol. The highest BCUT2D eigenvalue weighted by Crippen LogP contribution is 2.26. The Balaban J connectivity index is 2.03. The molecule has 1 aromatic carbocycles. The maximum Gasteiger partial charge on any atom is 0.314 e. The fourth-order valence-corrected chi connectivity index (χ4v) is 2.56.